The van der Waals surface area contributed by atoms with E-state index >= 15 is 0 Å². The van der Waals surface area contributed by atoms with E-state index in [9.17, 15) is 9.59 Å². The normalized spacial score (nSPS) is 12.2. The molecule has 0 radical (unpaired) electrons. The van der Waals surface area contributed by atoms with Crippen LogP contribution in [-0.4, -0.2) is 26.2 Å². The molecule has 0 bridgehead atoms. The smallest absolute Gasteiger partial charge is 0.338 e. The van der Waals surface area contributed by atoms with Gasteiger partial charge in [0, 0.05) is 27.6 Å². The van der Waals surface area contributed by atoms with E-state index in [1.807, 2.05) is 84.9 Å². The summed E-state index contributed by atoms with van der Waals surface area (Å²) in [5.41, 5.74) is 1.40. The number of nitrogens with zero attached hydrogens (tertiary/aromatic N) is 1. The number of ether oxygens (including phenoxy) is 2. The second-order valence-electron chi connectivity index (χ2n) is 9.38. The Hall–Kier alpha value is -5.19. The van der Waals surface area contributed by atoms with Gasteiger partial charge < -0.3 is 13.9 Å². The van der Waals surface area contributed by atoms with Gasteiger partial charge in [0.05, 0.1) is 33.1 Å². The number of rotatable bonds is 9. The van der Waals surface area contributed by atoms with Crippen LogP contribution >= 0.6 is 7.05 Å². The van der Waals surface area contributed by atoms with E-state index in [1.165, 1.54) is 14.2 Å². The first kappa shape index (κ1) is 29.3. The summed E-state index contributed by atoms with van der Waals surface area (Å²) >= 11 is 0. The van der Waals surface area contributed by atoms with E-state index in [1.54, 1.807) is 18.4 Å². The van der Waals surface area contributed by atoms with Crippen LogP contribution in [0.15, 0.2) is 161 Å². The lowest BCUT2D eigenvalue weighted by atomic mass is 9.94. The summed E-state index contributed by atoms with van der Waals surface area (Å²) in [7, 11) is -0.302. The molecule has 0 atom stereocenters. The van der Waals surface area contributed by atoms with Crippen LogP contribution in [0.4, 0.5) is 0 Å². The first-order chi connectivity index (χ1) is 21.1. The predicted octanol–water partition coefficient (Wildman–Crippen LogP) is 6.60. The summed E-state index contributed by atoms with van der Waals surface area (Å²) in [4.78, 5) is 26.1. The van der Waals surface area contributed by atoms with Crippen LogP contribution in [0.2, 0.25) is 0 Å². The lowest BCUT2D eigenvalue weighted by Crippen LogP contribution is -2.25. The molecular weight excluding hydrogens is 557 g/mol. The van der Waals surface area contributed by atoms with Gasteiger partial charge in [-0.1, -0.05) is 121 Å². The zero-order valence-corrected chi connectivity index (χ0v) is 24.7. The molecule has 43 heavy (non-hydrogen) atoms. The Balaban J connectivity index is 2.06. The van der Waals surface area contributed by atoms with Crippen molar-refractivity contribution in [2.75, 3.05) is 14.2 Å². The maximum atomic E-state index is 13.4. The van der Waals surface area contributed by atoms with Crippen LogP contribution < -0.4 is 15.9 Å². The van der Waals surface area contributed by atoms with Gasteiger partial charge in [0.2, 0.25) is 0 Å². The first-order valence-electron chi connectivity index (χ1n) is 13.6. The molecule has 0 fully saturated rings. The molecule has 5 rings (SSSR count). The second-order valence-corrected chi connectivity index (χ2v) is 12.4. The van der Waals surface area contributed by atoms with E-state index in [0.29, 0.717) is 22.6 Å². The number of furan rings is 1. The fraction of sp³-hybridized carbons (Fsp3) is 0.0556. The summed E-state index contributed by atoms with van der Waals surface area (Å²) < 4.78 is 21.9. The summed E-state index contributed by atoms with van der Waals surface area (Å²) in [5, 5.41) is 3.00. The maximum absolute atomic E-state index is 13.4. The van der Waals surface area contributed by atoms with Crippen molar-refractivity contribution in [1.82, 2.24) is 0 Å². The van der Waals surface area contributed by atoms with E-state index in [-0.39, 0.29) is 5.57 Å². The molecule has 0 spiro atoms. The van der Waals surface area contributed by atoms with Gasteiger partial charge in [-0.15, -0.1) is 0 Å². The molecule has 0 N–H and O–H groups in total. The van der Waals surface area contributed by atoms with Crippen molar-refractivity contribution in [3.63, 3.8) is 0 Å². The summed E-state index contributed by atoms with van der Waals surface area (Å²) in [5.74, 6) is -1.000. The highest BCUT2D eigenvalue weighted by Crippen LogP contribution is 2.51. The number of carbonyl (C=O) groups excluding carboxylic acids is 2. The maximum Gasteiger partial charge on any atom is 0.338 e. The van der Waals surface area contributed by atoms with Crippen molar-refractivity contribution in [1.29, 1.82) is 0 Å². The largest absolute Gasteiger partial charge is 0.466 e. The topological polar surface area (TPSA) is 78.1 Å². The molecule has 0 aliphatic carbocycles. The molecule has 0 saturated heterocycles. The van der Waals surface area contributed by atoms with E-state index in [2.05, 4.69) is 36.4 Å². The summed E-state index contributed by atoms with van der Waals surface area (Å²) in [6, 6.07) is 43.2. The molecule has 6 nitrogen and oxygen atoms in total. The second kappa shape index (κ2) is 13.6. The molecule has 0 aliphatic heterocycles. The monoisotopic (exact) mass is 587 g/mol. The molecule has 5 aromatic rings. The SMILES string of the molecule is COC(=O)/C=C(C(=O)OC)/C(=C(/N=P(c1ccccc1)(c1ccccc1)c1ccccc1)c1ccco1)c1ccccc1. The Kier molecular flexibility index (Phi) is 9.30. The van der Waals surface area contributed by atoms with E-state index in [4.69, 9.17) is 18.6 Å². The lowest BCUT2D eigenvalue weighted by Gasteiger charge is -2.28. The highest BCUT2D eigenvalue weighted by atomic mass is 31.2. The molecule has 4 aromatic carbocycles. The standard InChI is InChI=1S/C36H30NO5P/c1-40-33(38)26-31(36(39)41-2)34(27-16-7-3-8-17-27)35(32-24-15-25-42-32)37-43(28-18-9-4-10-19-28,29-20-11-5-12-21-29)30-22-13-6-14-23-30/h3-26H,1-2H3/b31-26-,35-34+. The minimum Gasteiger partial charge on any atom is -0.466 e. The average molecular weight is 588 g/mol. The van der Waals surface area contributed by atoms with Crippen molar-refractivity contribution in [3.05, 3.63) is 163 Å². The number of benzene rings is 4. The van der Waals surface area contributed by atoms with Gasteiger partial charge in [-0.05, 0) is 17.7 Å². The van der Waals surface area contributed by atoms with Gasteiger partial charge in [0.15, 0.2) is 5.76 Å². The molecule has 0 amide bonds. The van der Waals surface area contributed by atoms with Gasteiger partial charge in [-0.25, -0.2) is 14.3 Å². The Labute approximate surface area is 251 Å². The predicted molar refractivity (Wildman–Crippen MR) is 172 cm³/mol. The third-order valence-corrected chi connectivity index (χ3v) is 10.5. The van der Waals surface area contributed by atoms with E-state index in [0.717, 1.165) is 22.0 Å². The number of esters is 2. The fourth-order valence-corrected chi connectivity index (χ4v) is 8.43. The van der Waals surface area contributed by atoms with Crippen molar-refractivity contribution in [2.24, 2.45) is 4.74 Å². The minimum atomic E-state index is -2.83. The van der Waals surface area contributed by atoms with Gasteiger partial charge in [0.1, 0.15) is 5.70 Å². The number of hydrogen-bond donors (Lipinski definition) is 0. The van der Waals surface area contributed by atoms with Crippen LogP contribution in [0.1, 0.15) is 11.3 Å². The molecule has 0 saturated carbocycles. The highest BCUT2D eigenvalue weighted by molar-refractivity contribution is 7.87. The van der Waals surface area contributed by atoms with Gasteiger partial charge >= 0.3 is 11.9 Å². The highest BCUT2D eigenvalue weighted by Gasteiger charge is 2.31. The quantitative estimate of drug-likeness (QED) is 0.0841. The zero-order valence-electron chi connectivity index (χ0n) is 23.8. The summed E-state index contributed by atoms with van der Waals surface area (Å²) in [6.07, 6.45) is 2.70. The summed E-state index contributed by atoms with van der Waals surface area (Å²) in [6.45, 7) is 0. The van der Waals surface area contributed by atoms with Gasteiger partial charge in [-0.3, -0.25) is 0 Å². The van der Waals surface area contributed by atoms with Gasteiger partial charge in [-0.2, -0.15) is 0 Å². The number of methoxy groups -OCH3 is 2. The Morgan fingerprint density at radius 3 is 1.56 bits per heavy atom. The van der Waals surface area contributed by atoms with Gasteiger partial charge in [0.25, 0.3) is 0 Å². The lowest BCUT2D eigenvalue weighted by molar-refractivity contribution is -0.138. The van der Waals surface area contributed by atoms with Crippen molar-refractivity contribution >= 4 is 46.2 Å². The molecule has 0 unspecified atom stereocenters. The van der Waals surface area contributed by atoms with Crippen molar-refractivity contribution < 1.29 is 23.5 Å². The zero-order chi connectivity index (χ0) is 30.1. The molecule has 1 heterocycles. The third kappa shape index (κ3) is 6.20. The van der Waals surface area contributed by atoms with Crippen LogP contribution in [0.3, 0.4) is 0 Å². The van der Waals surface area contributed by atoms with Crippen LogP contribution in [0.5, 0.6) is 0 Å². The molecule has 1 aromatic heterocycles. The average Bonchev–Trinajstić information content (AvgIpc) is 3.62. The Bertz CT molecular complexity index is 1690. The van der Waals surface area contributed by atoms with E-state index < -0.39 is 19.0 Å². The van der Waals surface area contributed by atoms with Crippen LogP contribution in [0, 0.1) is 0 Å². The third-order valence-electron chi connectivity index (χ3n) is 6.83. The molecule has 0 aliphatic rings. The van der Waals surface area contributed by atoms with Crippen molar-refractivity contribution in [3.8, 4) is 0 Å². The Morgan fingerprint density at radius 2 is 1.14 bits per heavy atom. The Morgan fingerprint density at radius 1 is 0.651 bits per heavy atom. The van der Waals surface area contributed by atoms with Crippen LogP contribution in [0.25, 0.3) is 11.3 Å². The molecular formula is C36H30NO5P. The van der Waals surface area contributed by atoms with Crippen molar-refractivity contribution in [2.45, 2.75) is 0 Å². The molecule has 214 valence electrons. The first-order valence-corrected chi connectivity index (χ1v) is 15.3. The number of hydrogen-bond acceptors (Lipinski definition) is 6. The molecule has 7 heteroatoms. The fourth-order valence-electron chi connectivity index (χ4n) is 4.88. The van der Waals surface area contributed by atoms with Crippen LogP contribution in [-0.2, 0) is 19.1 Å². The minimum absolute atomic E-state index is 0.0111. The number of carbonyl (C=O) groups is 2.